The van der Waals surface area contributed by atoms with Gasteiger partial charge in [0.15, 0.2) is 5.78 Å². The zero-order valence-electron chi connectivity index (χ0n) is 27.7. The maximum Gasteiger partial charge on any atom is 0.248 e. The minimum Gasteiger partial charge on any atom is -0.492 e. The Balaban J connectivity index is 2.28. The number of ether oxygens (including phenoxy) is 2. The van der Waals surface area contributed by atoms with Crippen molar-refractivity contribution in [2.24, 2.45) is 11.5 Å². The highest BCUT2D eigenvalue weighted by molar-refractivity contribution is 5.96. The summed E-state index contributed by atoms with van der Waals surface area (Å²) in [7, 11) is 1.52. The van der Waals surface area contributed by atoms with Gasteiger partial charge < -0.3 is 47.1 Å². The third-order valence-corrected chi connectivity index (χ3v) is 7.75. The third kappa shape index (κ3) is 9.73. The Morgan fingerprint density at radius 1 is 0.979 bits per heavy atom. The van der Waals surface area contributed by atoms with Gasteiger partial charge in [-0.15, -0.1) is 0 Å². The fourth-order valence-electron chi connectivity index (χ4n) is 5.00. The number of ketones is 1. The molecule has 14 heteroatoms. The van der Waals surface area contributed by atoms with Crippen LogP contribution in [0.25, 0.3) is 11.1 Å². The highest BCUT2D eigenvalue weighted by atomic mass is 16.5. The lowest BCUT2D eigenvalue weighted by molar-refractivity contribution is -0.140. The molecule has 256 valence electrons. The summed E-state index contributed by atoms with van der Waals surface area (Å²) in [6, 6.07) is 6.34. The normalized spacial score (nSPS) is 18.6. The van der Waals surface area contributed by atoms with Crippen LogP contribution in [-0.4, -0.2) is 98.9 Å². The summed E-state index contributed by atoms with van der Waals surface area (Å²) in [4.78, 5) is 67.2. The SMILES string of the molecule is CCNCC(=O)N(C)[C@@H]1C(=O)N[C@@H](C)C(=O)N[C@H](C(=O)N[C@@H](C)C(C)=O)Cc2ccc(OCCN)c(c2)-c2cc1ccc2OCCN. The molecule has 0 unspecified atom stereocenters. The van der Waals surface area contributed by atoms with Gasteiger partial charge in [0.1, 0.15) is 42.8 Å². The second-order valence-corrected chi connectivity index (χ2v) is 11.4. The van der Waals surface area contributed by atoms with Gasteiger partial charge in [-0.2, -0.15) is 0 Å². The number of likely N-dealkylation sites (N-methyl/N-ethyl adjacent to an activating group) is 2. The number of rotatable bonds is 13. The van der Waals surface area contributed by atoms with Crippen molar-refractivity contribution in [1.29, 1.82) is 0 Å². The molecule has 2 aromatic carbocycles. The molecule has 1 aliphatic rings. The van der Waals surface area contributed by atoms with Crippen LogP contribution in [-0.2, 0) is 30.4 Å². The zero-order valence-corrected chi connectivity index (χ0v) is 27.7. The minimum absolute atomic E-state index is 0.00797. The van der Waals surface area contributed by atoms with Gasteiger partial charge in [-0.3, -0.25) is 24.0 Å². The molecule has 0 aliphatic carbocycles. The molecule has 2 aromatic rings. The number of benzene rings is 2. The maximum atomic E-state index is 13.9. The van der Waals surface area contributed by atoms with Crippen LogP contribution in [0.4, 0.5) is 0 Å². The molecule has 0 aromatic heterocycles. The lowest BCUT2D eigenvalue weighted by Gasteiger charge is -2.30. The van der Waals surface area contributed by atoms with Crippen molar-refractivity contribution in [2.45, 2.75) is 58.3 Å². The second kappa shape index (κ2) is 17.4. The molecule has 4 amide bonds. The molecule has 3 rings (SSSR count). The number of nitrogens with zero attached hydrogens (tertiary/aromatic N) is 1. The molecular weight excluding hydrogens is 606 g/mol. The molecule has 47 heavy (non-hydrogen) atoms. The van der Waals surface area contributed by atoms with E-state index in [0.717, 1.165) is 0 Å². The van der Waals surface area contributed by atoms with Crippen LogP contribution in [0.2, 0.25) is 0 Å². The zero-order chi connectivity index (χ0) is 34.7. The molecule has 4 bridgehead atoms. The Hall–Kier alpha value is -4.53. The molecule has 4 atom stereocenters. The lowest BCUT2D eigenvalue weighted by atomic mass is 9.93. The van der Waals surface area contributed by atoms with Crippen LogP contribution in [0.1, 0.15) is 44.9 Å². The van der Waals surface area contributed by atoms with E-state index in [4.69, 9.17) is 20.9 Å². The highest BCUT2D eigenvalue weighted by Gasteiger charge is 2.33. The largest absolute Gasteiger partial charge is 0.492 e. The highest BCUT2D eigenvalue weighted by Crippen LogP contribution is 2.40. The van der Waals surface area contributed by atoms with Gasteiger partial charge in [0.25, 0.3) is 0 Å². The van der Waals surface area contributed by atoms with Crippen LogP contribution in [0, 0.1) is 0 Å². The molecule has 0 saturated carbocycles. The molecule has 0 fully saturated rings. The van der Waals surface area contributed by atoms with E-state index < -0.39 is 41.9 Å². The van der Waals surface area contributed by atoms with E-state index in [1.807, 2.05) is 13.0 Å². The van der Waals surface area contributed by atoms with E-state index in [0.29, 0.717) is 40.3 Å². The predicted octanol–water partition coefficient (Wildman–Crippen LogP) is -0.223. The number of amides is 4. The quantitative estimate of drug-likeness (QED) is 0.168. The van der Waals surface area contributed by atoms with Gasteiger partial charge in [0.2, 0.25) is 23.6 Å². The first kappa shape index (κ1) is 36.9. The number of carbonyl (C=O) groups excluding carboxylic acids is 5. The smallest absolute Gasteiger partial charge is 0.248 e. The van der Waals surface area contributed by atoms with Crippen molar-refractivity contribution < 1.29 is 33.4 Å². The van der Waals surface area contributed by atoms with E-state index in [-0.39, 0.29) is 51.0 Å². The fraction of sp³-hybridized carbons (Fsp3) is 0.485. The molecule has 8 N–H and O–H groups in total. The van der Waals surface area contributed by atoms with Gasteiger partial charge in [0, 0.05) is 37.7 Å². The van der Waals surface area contributed by atoms with E-state index >= 15 is 0 Å². The maximum absolute atomic E-state index is 13.9. The number of nitrogens with two attached hydrogens (primary N) is 2. The fourth-order valence-corrected chi connectivity index (χ4v) is 5.00. The van der Waals surface area contributed by atoms with Crippen LogP contribution in [0.3, 0.4) is 0 Å². The van der Waals surface area contributed by atoms with Gasteiger partial charge in [-0.1, -0.05) is 19.1 Å². The summed E-state index contributed by atoms with van der Waals surface area (Å²) < 4.78 is 12.0. The summed E-state index contributed by atoms with van der Waals surface area (Å²) in [5, 5.41) is 11.1. The van der Waals surface area contributed by atoms with Crippen molar-refractivity contribution in [3.63, 3.8) is 0 Å². The molecule has 0 radical (unpaired) electrons. The van der Waals surface area contributed by atoms with Crippen molar-refractivity contribution in [3.8, 4) is 22.6 Å². The summed E-state index contributed by atoms with van der Waals surface area (Å²) in [6.45, 7) is 7.71. The van der Waals surface area contributed by atoms with Gasteiger partial charge in [0.05, 0.1) is 12.6 Å². The average Bonchev–Trinajstić information content (AvgIpc) is 3.04. The molecule has 0 spiro atoms. The van der Waals surface area contributed by atoms with Crippen LogP contribution in [0.5, 0.6) is 11.5 Å². The Kier molecular flexibility index (Phi) is 13.7. The summed E-state index contributed by atoms with van der Waals surface area (Å²) in [6.07, 6.45) is 0.0516. The number of fused-ring (bicyclic) bond motifs is 5. The van der Waals surface area contributed by atoms with Crippen LogP contribution in [0.15, 0.2) is 36.4 Å². The first-order chi connectivity index (χ1) is 22.4. The van der Waals surface area contributed by atoms with Crippen LogP contribution < -0.4 is 42.2 Å². The molecular formula is C33H47N7O7. The van der Waals surface area contributed by atoms with Gasteiger partial charge in [-0.05, 0) is 62.7 Å². The molecule has 14 nitrogen and oxygen atoms in total. The first-order valence-corrected chi connectivity index (χ1v) is 15.7. The van der Waals surface area contributed by atoms with Crippen molar-refractivity contribution in [2.75, 3.05) is 46.4 Å². The van der Waals surface area contributed by atoms with E-state index in [1.54, 1.807) is 37.3 Å². The monoisotopic (exact) mass is 653 g/mol. The summed E-state index contributed by atoms with van der Waals surface area (Å²) >= 11 is 0. The molecule has 1 heterocycles. The Labute approximate surface area is 275 Å². The molecule has 0 saturated heterocycles. The third-order valence-electron chi connectivity index (χ3n) is 7.75. The van der Waals surface area contributed by atoms with Crippen molar-refractivity contribution >= 4 is 29.4 Å². The Morgan fingerprint density at radius 3 is 2.19 bits per heavy atom. The van der Waals surface area contributed by atoms with E-state index in [1.165, 1.54) is 25.8 Å². The lowest BCUT2D eigenvalue weighted by Crippen LogP contribution is -2.56. The van der Waals surface area contributed by atoms with E-state index in [9.17, 15) is 24.0 Å². The van der Waals surface area contributed by atoms with Crippen LogP contribution >= 0.6 is 0 Å². The topological polar surface area (TPSA) is 207 Å². The van der Waals surface area contributed by atoms with Crippen molar-refractivity contribution in [1.82, 2.24) is 26.2 Å². The standard InChI is InChI=1S/C33H47N7O7/c1-6-36-18-29(42)40(5)30-23-8-10-28(47-14-12-35)25(17-23)24-15-22(7-9-27(24)46-13-11-34)16-26(32(44)37-19(2)21(4)41)39-31(43)20(3)38-33(30)45/h7-10,15,17,19-20,26,30,36H,6,11-14,16,18,34-35H2,1-5H3,(H,37,44)(H,38,45)(H,39,43)/t19-,20-,26-,30-/m0/s1. The van der Waals surface area contributed by atoms with Gasteiger partial charge in [-0.25, -0.2) is 0 Å². The minimum atomic E-state index is -1.14. The Morgan fingerprint density at radius 2 is 1.60 bits per heavy atom. The number of hydrogen-bond acceptors (Lipinski definition) is 10. The number of nitrogens with one attached hydrogen (secondary N) is 4. The second-order valence-electron chi connectivity index (χ2n) is 11.4. The van der Waals surface area contributed by atoms with Crippen molar-refractivity contribution in [3.05, 3.63) is 47.5 Å². The molecule has 1 aliphatic heterocycles. The number of hydrogen-bond donors (Lipinski definition) is 6. The number of carbonyl (C=O) groups is 5. The summed E-state index contributed by atoms with van der Waals surface area (Å²) in [5.74, 6) is -1.49. The number of Topliss-reactive ketones (excluding diaryl/α,β-unsaturated/α-hetero) is 1. The average molecular weight is 654 g/mol. The first-order valence-electron chi connectivity index (χ1n) is 15.7. The Bertz CT molecular complexity index is 1450. The van der Waals surface area contributed by atoms with Gasteiger partial charge >= 0.3 is 0 Å². The summed E-state index contributed by atoms with van der Waals surface area (Å²) in [5.41, 5.74) is 13.7. The predicted molar refractivity (Wildman–Crippen MR) is 177 cm³/mol. The van der Waals surface area contributed by atoms with E-state index in [2.05, 4.69) is 21.3 Å².